The molecule has 1 atom stereocenters. The number of piperidine rings is 1. The van der Waals surface area contributed by atoms with E-state index in [-0.39, 0.29) is 5.44 Å². The largest absolute Gasteiger partial charge is 0.362 e. The Hall–Kier alpha value is -2.16. The van der Waals surface area contributed by atoms with E-state index in [4.69, 9.17) is 0 Å². The lowest BCUT2D eigenvalue weighted by Gasteiger charge is -2.40. The van der Waals surface area contributed by atoms with Crippen molar-refractivity contribution < 1.29 is 0 Å². The molecule has 1 unspecified atom stereocenters. The molecule has 1 aliphatic rings. The van der Waals surface area contributed by atoms with Crippen LogP contribution in [-0.4, -0.2) is 12.4 Å². The van der Waals surface area contributed by atoms with Gasteiger partial charge in [0.1, 0.15) is 7.85 Å². The predicted molar refractivity (Wildman–Crippen MR) is 94.1 cm³/mol. The Labute approximate surface area is 126 Å². The van der Waals surface area contributed by atoms with Crippen LogP contribution in [0.25, 0.3) is 23.9 Å². The summed E-state index contributed by atoms with van der Waals surface area (Å²) in [5.74, 6) is 0. The molecule has 1 aromatic carbocycles. The summed E-state index contributed by atoms with van der Waals surface area (Å²) in [6.07, 6.45) is 1.89. The van der Waals surface area contributed by atoms with Crippen LogP contribution < -0.4 is 16.0 Å². The molecule has 106 valence electrons. The van der Waals surface area contributed by atoms with Gasteiger partial charge in [-0.25, -0.2) is 0 Å². The molecule has 1 aromatic heterocycles. The minimum absolute atomic E-state index is 0.220. The molecule has 1 saturated heterocycles. The Balaban J connectivity index is 2.31. The highest BCUT2D eigenvalue weighted by atomic mass is 15.1. The van der Waals surface area contributed by atoms with E-state index in [2.05, 4.69) is 69.2 Å². The van der Waals surface area contributed by atoms with Crippen molar-refractivity contribution in [2.45, 2.75) is 25.2 Å². The Bertz CT molecular complexity index is 875. The number of hydrogen-bond acceptors (Lipinski definition) is 1. The van der Waals surface area contributed by atoms with Gasteiger partial charge in [-0.05, 0) is 25.8 Å². The third kappa shape index (κ3) is 1.88. The number of fused-ring (bicyclic) bond motifs is 1. The van der Waals surface area contributed by atoms with Crippen LogP contribution in [0.15, 0.2) is 42.8 Å². The van der Waals surface area contributed by atoms with Crippen molar-refractivity contribution in [3.63, 3.8) is 0 Å². The van der Waals surface area contributed by atoms with Gasteiger partial charge in [0.15, 0.2) is 0 Å². The van der Waals surface area contributed by atoms with Crippen molar-refractivity contribution in [2.24, 2.45) is 0 Å². The van der Waals surface area contributed by atoms with Gasteiger partial charge in [-0.3, -0.25) is 0 Å². The topological polar surface area (TPSA) is 17.0 Å². The van der Waals surface area contributed by atoms with E-state index in [9.17, 15) is 0 Å². The van der Waals surface area contributed by atoms with Gasteiger partial charge >= 0.3 is 0 Å². The molecule has 0 spiro atoms. The van der Waals surface area contributed by atoms with Gasteiger partial charge in [0, 0.05) is 32.9 Å². The molecule has 1 aliphatic heterocycles. The van der Waals surface area contributed by atoms with Crippen molar-refractivity contribution in [3.8, 4) is 0 Å². The maximum atomic E-state index is 4.32. The normalized spacial score (nSPS) is 22.5. The van der Waals surface area contributed by atoms with Crippen molar-refractivity contribution in [1.82, 2.24) is 9.88 Å². The summed E-state index contributed by atoms with van der Waals surface area (Å²) >= 11 is 0. The third-order valence-corrected chi connectivity index (χ3v) is 4.72. The third-order valence-electron chi connectivity index (χ3n) is 4.72. The predicted octanol–water partition coefficient (Wildman–Crippen LogP) is 1.47. The van der Waals surface area contributed by atoms with Gasteiger partial charge in [-0.2, -0.15) is 0 Å². The van der Waals surface area contributed by atoms with E-state index in [0.717, 1.165) is 34.9 Å². The summed E-state index contributed by atoms with van der Waals surface area (Å²) in [4.78, 5) is 0. The number of rotatable bonds is 1. The number of aryl methyl sites for hydroxylation is 1. The van der Waals surface area contributed by atoms with Crippen molar-refractivity contribution in [1.29, 1.82) is 0 Å². The van der Waals surface area contributed by atoms with E-state index in [1.54, 1.807) is 0 Å². The fourth-order valence-corrected chi connectivity index (χ4v) is 3.35. The summed E-state index contributed by atoms with van der Waals surface area (Å²) in [5, 5.41) is 7.68. The van der Waals surface area contributed by atoms with E-state index >= 15 is 0 Å². The Morgan fingerprint density at radius 1 is 1.14 bits per heavy atom. The van der Waals surface area contributed by atoms with Crippen molar-refractivity contribution in [2.75, 3.05) is 0 Å². The lowest BCUT2D eigenvalue weighted by Crippen LogP contribution is -2.52. The van der Waals surface area contributed by atoms with E-state index in [1.807, 2.05) is 0 Å². The fraction of sp³-hybridized carbons (Fsp3) is 0.222. The average Bonchev–Trinajstić information content (AvgIpc) is 2.67. The van der Waals surface area contributed by atoms with Gasteiger partial charge in [0.05, 0.1) is 5.44 Å². The van der Waals surface area contributed by atoms with Crippen LogP contribution in [-0.2, 0) is 5.44 Å². The highest BCUT2D eigenvalue weighted by Gasteiger charge is 2.34. The molecule has 0 saturated carbocycles. The Morgan fingerprint density at radius 2 is 1.81 bits per heavy atom. The Kier molecular flexibility index (Phi) is 2.91. The number of nitrogens with one attached hydrogen (secondary N) is 1. The van der Waals surface area contributed by atoms with E-state index in [0.29, 0.717) is 0 Å². The lowest BCUT2D eigenvalue weighted by atomic mass is 9.69. The Morgan fingerprint density at radius 3 is 2.48 bits per heavy atom. The standard InChI is InChI=1S/C18H21BN2/c1-11-6-7-16-13(3)21(14(4)17(16)10-11)18(19)9-8-12(2)20-15(18)5/h6-7,10,20H,2-5,8-9,19H2,1H3. The molecular formula is C18H21BN2. The van der Waals surface area contributed by atoms with E-state index < -0.39 is 0 Å². The number of aromatic nitrogens is 1. The van der Waals surface area contributed by atoms with Gasteiger partial charge in [-0.1, -0.05) is 44.0 Å². The molecule has 2 aromatic rings. The first kappa shape index (κ1) is 13.8. The minimum atomic E-state index is -0.220. The summed E-state index contributed by atoms with van der Waals surface area (Å²) in [6, 6.07) is 6.45. The second-order valence-corrected chi connectivity index (χ2v) is 6.26. The molecule has 2 heterocycles. The van der Waals surface area contributed by atoms with Crippen molar-refractivity contribution in [3.05, 3.63) is 59.0 Å². The molecule has 0 bridgehead atoms. The second kappa shape index (κ2) is 4.42. The van der Waals surface area contributed by atoms with Crippen LogP contribution in [0.3, 0.4) is 0 Å². The van der Waals surface area contributed by atoms with Crippen molar-refractivity contribution >= 4 is 31.8 Å². The molecule has 21 heavy (non-hydrogen) atoms. The zero-order valence-corrected chi connectivity index (χ0v) is 12.9. The zero-order chi connectivity index (χ0) is 15.4. The van der Waals surface area contributed by atoms with Crippen LogP contribution in [0.1, 0.15) is 18.4 Å². The quantitative estimate of drug-likeness (QED) is 0.780. The number of hydrogen-bond donors (Lipinski definition) is 1. The summed E-state index contributed by atoms with van der Waals surface area (Å²) in [7, 11) is 2.20. The number of benzene rings is 1. The molecule has 3 rings (SSSR count). The first-order chi connectivity index (χ1) is 9.84. The van der Waals surface area contributed by atoms with Crippen LogP contribution in [0.5, 0.6) is 0 Å². The average molecular weight is 276 g/mol. The maximum absolute atomic E-state index is 4.32. The first-order valence-electron chi connectivity index (χ1n) is 7.28. The highest BCUT2D eigenvalue weighted by Crippen LogP contribution is 2.30. The zero-order valence-electron chi connectivity index (χ0n) is 12.9. The van der Waals surface area contributed by atoms with Crippen LogP contribution in [0.4, 0.5) is 0 Å². The molecule has 0 amide bonds. The molecule has 0 aliphatic carbocycles. The monoisotopic (exact) mass is 276 g/mol. The summed E-state index contributed by atoms with van der Waals surface area (Å²) in [6.45, 7) is 19.0. The fourth-order valence-electron chi connectivity index (χ4n) is 3.35. The SMILES string of the molecule is BC1(n2c(=C)c3ccc(C)cc3c2=C)CCC(=C)NC1=C. The van der Waals surface area contributed by atoms with Crippen LogP contribution >= 0.6 is 0 Å². The number of nitrogens with zero attached hydrogens (tertiary/aromatic N) is 1. The highest BCUT2D eigenvalue weighted by molar-refractivity contribution is 6.16. The van der Waals surface area contributed by atoms with Crippen LogP contribution in [0, 0.1) is 6.92 Å². The summed E-state index contributed by atoms with van der Waals surface area (Å²) in [5.41, 5.74) is 3.01. The molecule has 3 heteroatoms. The van der Waals surface area contributed by atoms with Gasteiger partial charge < -0.3 is 9.88 Å². The second-order valence-electron chi connectivity index (χ2n) is 6.26. The number of allylic oxidation sites excluding steroid dienone is 2. The smallest absolute Gasteiger partial charge is 0.143 e. The molecule has 0 radical (unpaired) electrons. The molecule has 2 nitrogen and oxygen atoms in total. The first-order valence-corrected chi connectivity index (χ1v) is 7.28. The van der Waals surface area contributed by atoms with Gasteiger partial charge in [0.2, 0.25) is 0 Å². The van der Waals surface area contributed by atoms with E-state index in [1.165, 1.54) is 16.3 Å². The minimum Gasteiger partial charge on any atom is -0.362 e. The van der Waals surface area contributed by atoms with Crippen LogP contribution in [0.2, 0.25) is 0 Å². The van der Waals surface area contributed by atoms with Gasteiger partial charge in [0.25, 0.3) is 0 Å². The maximum Gasteiger partial charge on any atom is 0.143 e. The molecular weight excluding hydrogens is 255 g/mol. The lowest BCUT2D eigenvalue weighted by molar-refractivity contribution is 0.399. The molecule has 1 fully saturated rings. The van der Waals surface area contributed by atoms with Gasteiger partial charge in [-0.15, -0.1) is 0 Å². The summed E-state index contributed by atoms with van der Waals surface area (Å²) < 4.78 is 2.24. The molecule has 1 N–H and O–H groups in total.